The van der Waals surface area contributed by atoms with Crippen molar-refractivity contribution in [1.82, 2.24) is 25.1 Å². The number of carbonyl (C=O) groups is 1. The number of aryl methyl sites for hydroxylation is 2. The molecule has 3 rings (SSSR count). The zero-order valence-electron chi connectivity index (χ0n) is 12.7. The van der Waals surface area contributed by atoms with Crippen LogP contribution in [0, 0.1) is 6.92 Å². The number of carbonyl (C=O) groups excluding carboxylic acids is 1. The van der Waals surface area contributed by atoms with E-state index in [4.69, 9.17) is 4.74 Å². The molecule has 7 heteroatoms. The highest BCUT2D eigenvalue weighted by Gasteiger charge is 2.24. The van der Waals surface area contributed by atoms with Gasteiger partial charge < -0.3 is 14.6 Å². The predicted octanol–water partition coefficient (Wildman–Crippen LogP) is 1.13. The minimum absolute atomic E-state index is 0.0596. The minimum Gasteiger partial charge on any atom is -0.477 e. The number of rotatable bonds is 4. The molecular formula is C15H19N5O2. The maximum atomic E-state index is 12.5. The molecule has 0 saturated heterocycles. The van der Waals surface area contributed by atoms with Crippen LogP contribution >= 0.6 is 0 Å². The predicted molar refractivity (Wildman–Crippen MR) is 79.7 cm³/mol. The summed E-state index contributed by atoms with van der Waals surface area (Å²) in [5.41, 5.74) is 0.468. The first-order chi connectivity index (χ1) is 10.7. The van der Waals surface area contributed by atoms with Crippen molar-refractivity contribution in [3.8, 4) is 5.88 Å². The molecule has 0 aliphatic carbocycles. The lowest BCUT2D eigenvalue weighted by Crippen LogP contribution is -2.41. The van der Waals surface area contributed by atoms with Crippen LogP contribution in [0.3, 0.4) is 0 Å². The normalized spacial score (nSPS) is 16.9. The van der Waals surface area contributed by atoms with E-state index < -0.39 is 0 Å². The molecule has 1 aliphatic heterocycles. The lowest BCUT2D eigenvalue weighted by Gasteiger charge is -2.25. The van der Waals surface area contributed by atoms with Gasteiger partial charge in [-0.3, -0.25) is 4.79 Å². The van der Waals surface area contributed by atoms with E-state index in [1.165, 1.54) is 0 Å². The van der Waals surface area contributed by atoms with Gasteiger partial charge in [-0.05, 0) is 32.4 Å². The number of nitrogens with zero attached hydrogens (tertiary/aromatic N) is 4. The first kappa shape index (κ1) is 14.5. The molecule has 0 unspecified atom stereocenters. The van der Waals surface area contributed by atoms with Crippen LogP contribution in [0.5, 0.6) is 5.88 Å². The summed E-state index contributed by atoms with van der Waals surface area (Å²) in [6.07, 6.45) is 3.29. The van der Waals surface area contributed by atoms with Crippen molar-refractivity contribution in [1.29, 1.82) is 0 Å². The fourth-order valence-corrected chi connectivity index (χ4v) is 2.66. The first-order valence-corrected chi connectivity index (χ1v) is 7.46. The highest BCUT2D eigenvalue weighted by atomic mass is 16.5. The minimum atomic E-state index is -0.157. The molecule has 0 saturated carbocycles. The van der Waals surface area contributed by atoms with Gasteiger partial charge in [-0.15, -0.1) is 10.2 Å². The van der Waals surface area contributed by atoms with E-state index in [0.717, 1.165) is 24.5 Å². The number of aromatic nitrogens is 4. The Hall–Kier alpha value is -2.44. The third kappa shape index (κ3) is 2.79. The molecule has 1 amide bonds. The van der Waals surface area contributed by atoms with E-state index in [2.05, 4.69) is 25.1 Å². The summed E-state index contributed by atoms with van der Waals surface area (Å²) < 4.78 is 7.47. The molecule has 1 atom stereocenters. The highest BCUT2D eigenvalue weighted by Crippen LogP contribution is 2.17. The van der Waals surface area contributed by atoms with Crippen molar-refractivity contribution in [2.24, 2.45) is 0 Å². The van der Waals surface area contributed by atoms with Gasteiger partial charge in [-0.2, -0.15) is 0 Å². The Bertz CT molecular complexity index is 682. The zero-order valence-corrected chi connectivity index (χ0v) is 12.7. The lowest BCUT2D eigenvalue weighted by molar-refractivity contribution is 0.0922. The van der Waals surface area contributed by atoms with E-state index in [9.17, 15) is 4.79 Å². The standard InChI is InChI=1S/C15H19N5O2/c1-3-22-15-12(5-4-8-16-15)14(21)17-11-6-7-13-19-18-10(2)20(13)9-11/h4-5,8,11H,3,6-7,9H2,1-2H3,(H,17,21)/t11-/m1/s1. The van der Waals surface area contributed by atoms with Gasteiger partial charge in [0, 0.05) is 25.2 Å². The van der Waals surface area contributed by atoms with Gasteiger partial charge in [0.15, 0.2) is 0 Å². The third-order valence-corrected chi connectivity index (χ3v) is 3.76. The van der Waals surface area contributed by atoms with Crippen LogP contribution in [0.2, 0.25) is 0 Å². The summed E-state index contributed by atoms with van der Waals surface area (Å²) in [7, 11) is 0. The van der Waals surface area contributed by atoms with Gasteiger partial charge in [0.25, 0.3) is 5.91 Å². The zero-order chi connectivity index (χ0) is 15.5. The van der Waals surface area contributed by atoms with Gasteiger partial charge in [-0.1, -0.05) is 0 Å². The molecule has 2 aromatic rings. The molecular weight excluding hydrogens is 282 g/mol. The molecule has 0 radical (unpaired) electrons. The number of nitrogens with one attached hydrogen (secondary N) is 1. The Morgan fingerprint density at radius 2 is 2.36 bits per heavy atom. The number of ether oxygens (including phenoxy) is 1. The van der Waals surface area contributed by atoms with Crippen molar-refractivity contribution < 1.29 is 9.53 Å². The molecule has 2 aromatic heterocycles. The first-order valence-electron chi connectivity index (χ1n) is 7.46. The molecule has 0 aromatic carbocycles. The fourth-order valence-electron chi connectivity index (χ4n) is 2.66. The maximum absolute atomic E-state index is 12.5. The largest absolute Gasteiger partial charge is 0.477 e. The van der Waals surface area contributed by atoms with E-state index in [0.29, 0.717) is 24.6 Å². The van der Waals surface area contributed by atoms with Crippen LogP contribution in [0.4, 0.5) is 0 Å². The third-order valence-electron chi connectivity index (χ3n) is 3.76. The summed E-state index contributed by atoms with van der Waals surface area (Å²) in [6, 6.07) is 3.52. The van der Waals surface area contributed by atoms with E-state index >= 15 is 0 Å². The number of pyridine rings is 1. The van der Waals surface area contributed by atoms with Gasteiger partial charge in [0.1, 0.15) is 17.2 Å². The fraction of sp³-hybridized carbons (Fsp3) is 0.467. The van der Waals surface area contributed by atoms with Crippen LogP contribution in [-0.2, 0) is 13.0 Å². The Morgan fingerprint density at radius 3 is 3.18 bits per heavy atom. The number of amides is 1. The van der Waals surface area contributed by atoms with E-state index in [1.54, 1.807) is 18.3 Å². The summed E-state index contributed by atoms with van der Waals surface area (Å²) in [4.78, 5) is 16.6. The summed E-state index contributed by atoms with van der Waals surface area (Å²) in [5.74, 6) is 2.08. The molecule has 0 spiro atoms. The van der Waals surface area contributed by atoms with Crippen LogP contribution in [0.1, 0.15) is 35.4 Å². The van der Waals surface area contributed by atoms with E-state index in [-0.39, 0.29) is 11.9 Å². The van der Waals surface area contributed by atoms with Crippen LogP contribution in [0.15, 0.2) is 18.3 Å². The Balaban J connectivity index is 1.72. The molecule has 7 nitrogen and oxygen atoms in total. The van der Waals surface area contributed by atoms with Gasteiger partial charge in [0.05, 0.1) is 6.61 Å². The second-order valence-corrected chi connectivity index (χ2v) is 5.27. The number of hydrogen-bond acceptors (Lipinski definition) is 5. The molecule has 22 heavy (non-hydrogen) atoms. The summed E-state index contributed by atoms with van der Waals surface area (Å²) >= 11 is 0. The lowest BCUT2D eigenvalue weighted by atomic mass is 10.1. The Labute approximate surface area is 128 Å². The highest BCUT2D eigenvalue weighted by molar-refractivity contribution is 5.96. The maximum Gasteiger partial charge on any atom is 0.257 e. The topological polar surface area (TPSA) is 81.9 Å². The van der Waals surface area contributed by atoms with Gasteiger partial charge in [-0.25, -0.2) is 4.98 Å². The second kappa shape index (κ2) is 6.13. The molecule has 116 valence electrons. The summed E-state index contributed by atoms with van der Waals surface area (Å²) in [6.45, 7) is 4.97. The quantitative estimate of drug-likeness (QED) is 0.915. The second-order valence-electron chi connectivity index (χ2n) is 5.27. The number of hydrogen-bond donors (Lipinski definition) is 1. The van der Waals surface area contributed by atoms with Crippen molar-refractivity contribution in [3.05, 3.63) is 35.5 Å². The monoisotopic (exact) mass is 301 g/mol. The van der Waals surface area contributed by atoms with Gasteiger partial charge >= 0.3 is 0 Å². The smallest absolute Gasteiger partial charge is 0.257 e. The molecule has 1 aliphatic rings. The van der Waals surface area contributed by atoms with Crippen LogP contribution < -0.4 is 10.1 Å². The van der Waals surface area contributed by atoms with E-state index in [1.807, 2.05) is 13.8 Å². The molecule has 3 heterocycles. The van der Waals surface area contributed by atoms with Crippen molar-refractivity contribution in [2.75, 3.05) is 6.61 Å². The summed E-state index contributed by atoms with van der Waals surface area (Å²) in [5, 5.41) is 11.3. The Kier molecular flexibility index (Phi) is 4.04. The number of fused-ring (bicyclic) bond motifs is 1. The molecule has 0 fully saturated rings. The average Bonchev–Trinajstić information content (AvgIpc) is 2.89. The van der Waals surface area contributed by atoms with Crippen molar-refractivity contribution >= 4 is 5.91 Å². The van der Waals surface area contributed by atoms with Crippen molar-refractivity contribution in [2.45, 2.75) is 39.3 Å². The van der Waals surface area contributed by atoms with Crippen LogP contribution in [0.25, 0.3) is 0 Å². The Morgan fingerprint density at radius 1 is 1.50 bits per heavy atom. The van der Waals surface area contributed by atoms with Crippen molar-refractivity contribution in [3.63, 3.8) is 0 Å². The molecule has 0 bridgehead atoms. The average molecular weight is 301 g/mol. The van der Waals surface area contributed by atoms with Crippen LogP contribution in [-0.4, -0.2) is 38.3 Å². The molecule has 1 N–H and O–H groups in total. The van der Waals surface area contributed by atoms with Gasteiger partial charge in [0.2, 0.25) is 5.88 Å². The SMILES string of the molecule is CCOc1ncccc1C(=O)N[C@@H]1CCc2nnc(C)n2C1.